The topological polar surface area (TPSA) is 58.7 Å². The normalized spacial score (nSPS) is 11.8. The van der Waals surface area contributed by atoms with E-state index < -0.39 is 17.5 Å². The third-order valence-corrected chi connectivity index (χ3v) is 2.60. The van der Waals surface area contributed by atoms with Gasteiger partial charge in [0.25, 0.3) is 0 Å². The van der Waals surface area contributed by atoms with Gasteiger partial charge in [-0.25, -0.2) is 4.39 Å². The first-order valence-corrected chi connectivity index (χ1v) is 5.30. The van der Waals surface area contributed by atoms with Crippen molar-refractivity contribution in [1.82, 2.24) is 9.78 Å². The number of benzene rings is 1. The molecule has 0 N–H and O–H groups in total. The molecule has 1 aromatic heterocycles. The van der Waals surface area contributed by atoms with E-state index in [9.17, 15) is 9.18 Å². The molecule has 0 bridgehead atoms. The van der Waals surface area contributed by atoms with Crippen molar-refractivity contribution in [3.05, 3.63) is 53.6 Å². The summed E-state index contributed by atoms with van der Waals surface area (Å²) in [5.74, 6) is -2.15. The Balaban J connectivity index is 2.39. The SMILES string of the molecule is Cn1cc(C(=O)C(C#N)c2ccccc2F)cn1. The zero-order chi connectivity index (χ0) is 13.1. The van der Waals surface area contributed by atoms with Gasteiger partial charge in [0.05, 0.1) is 17.8 Å². The maximum Gasteiger partial charge on any atom is 0.187 e. The van der Waals surface area contributed by atoms with E-state index in [0.29, 0.717) is 5.56 Å². The Labute approximate surface area is 103 Å². The van der Waals surface area contributed by atoms with Crippen LogP contribution in [-0.2, 0) is 7.05 Å². The molecule has 18 heavy (non-hydrogen) atoms. The first-order valence-electron chi connectivity index (χ1n) is 5.30. The maximum absolute atomic E-state index is 13.6. The lowest BCUT2D eigenvalue weighted by Gasteiger charge is -2.07. The molecular formula is C13H10FN3O. The van der Waals surface area contributed by atoms with E-state index in [1.807, 2.05) is 6.07 Å². The lowest BCUT2D eigenvalue weighted by atomic mass is 9.93. The number of hydrogen-bond donors (Lipinski definition) is 0. The fraction of sp³-hybridized carbons (Fsp3) is 0.154. The molecule has 2 rings (SSSR count). The maximum atomic E-state index is 13.6. The molecule has 1 heterocycles. The molecule has 0 radical (unpaired) electrons. The Kier molecular flexibility index (Phi) is 3.20. The second kappa shape index (κ2) is 4.80. The largest absolute Gasteiger partial charge is 0.292 e. The molecule has 0 fully saturated rings. The highest BCUT2D eigenvalue weighted by atomic mass is 19.1. The van der Waals surface area contributed by atoms with E-state index in [1.54, 1.807) is 13.1 Å². The summed E-state index contributed by atoms with van der Waals surface area (Å²) in [5.41, 5.74) is 0.390. The third-order valence-electron chi connectivity index (χ3n) is 2.60. The molecule has 0 aliphatic rings. The summed E-state index contributed by atoms with van der Waals surface area (Å²) in [7, 11) is 1.67. The van der Waals surface area contributed by atoms with E-state index >= 15 is 0 Å². The molecule has 4 nitrogen and oxygen atoms in total. The Morgan fingerprint density at radius 1 is 1.50 bits per heavy atom. The van der Waals surface area contributed by atoms with Gasteiger partial charge in [0.1, 0.15) is 11.7 Å². The molecule has 0 aliphatic carbocycles. The van der Waals surface area contributed by atoms with Gasteiger partial charge in [0, 0.05) is 18.8 Å². The van der Waals surface area contributed by atoms with Gasteiger partial charge in [-0.2, -0.15) is 10.4 Å². The molecule has 0 saturated carbocycles. The second-order valence-corrected chi connectivity index (χ2v) is 3.85. The van der Waals surface area contributed by atoms with Crippen LogP contribution in [0.3, 0.4) is 0 Å². The van der Waals surface area contributed by atoms with Crippen molar-refractivity contribution >= 4 is 5.78 Å². The number of rotatable bonds is 3. The summed E-state index contributed by atoms with van der Waals surface area (Å²) in [6.45, 7) is 0. The van der Waals surface area contributed by atoms with Gasteiger partial charge in [0.15, 0.2) is 5.78 Å². The van der Waals surface area contributed by atoms with Crippen LogP contribution in [0.15, 0.2) is 36.7 Å². The summed E-state index contributed by atoms with van der Waals surface area (Å²) in [4.78, 5) is 12.1. The molecule has 0 saturated heterocycles. The van der Waals surface area contributed by atoms with E-state index in [-0.39, 0.29) is 5.56 Å². The number of nitriles is 1. The van der Waals surface area contributed by atoms with Crippen molar-refractivity contribution < 1.29 is 9.18 Å². The quantitative estimate of drug-likeness (QED) is 0.775. The number of aromatic nitrogens is 2. The van der Waals surface area contributed by atoms with Crippen LogP contribution in [-0.4, -0.2) is 15.6 Å². The Morgan fingerprint density at radius 3 is 2.78 bits per heavy atom. The summed E-state index contributed by atoms with van der Waals surface area (Å²) < 4.78 is 15.0. The zero-order valence-corrected chi connectivity index (χ0v) is 9.67. The fourth-order valence-electron chi connectivity index (χ4n) is 1.69. The van der Waals surface area contributed by atoms with Gasteiger partial charge in [0.2, 0.25) is 0 Å². The second-order valence-electron chi connectivity index (χ2n) is 3.85. The highest BCUT2D eigenvalue weighted by Crippen LogP contribution is 2.22. The van der Waals surface area contributed by atoms with Gasteiger partial charge >= 0.3 is 0 Å². The van der Waals surface area contributed by atoms with Crippen molar-refractivity contribution in [2.45, 2.75) is 5.92 Å². The molecule has 0 aliphatic heterocycles. The highest BCUT2D eigenvalue weighted by molar-refractivity contribution is 6.02. The smallest absolute Gasteiger partial charge is 0.187 e. The Bertz CT molecular complexity index is 627. The minimum Gasteiger partial charge on any atom is -0.292 e. The van der Waals surface area contributed by atoms with E-state index in [0.717, 1.165) is 0 Å². The van der Waals surface area contributed by atoms with Crippen LogP contribution in [0.2, 0.25) is 0 Å². The lowest BCUT2D eigenvalue weighted by Crippen LogP contribution is -2.12. The van der Waals surface area contributed by atoms with Crippen LogP contribution in [0, 0.1) is 17.1 Å². The number of ketones is 1. The van der Waals surface area contributed by atoms with Crippen molar-refractivity contribution in [3.63, 3.8) is 0 Å². The van der Waals surface area contributed by atoms with Crippen molar-refractivity contribution in [3.8, 4) is 6.07 Å². The number of halogens is 1. The van der Waals surface area contributed by atoms with Gasteiger partial charge in [-0.15, -0.1) is 0 Å². The summed E-state index contributed by atoms with van der Waals surface area (Å²) in [5, 5.41) is 12.9. The Hall–Kier alpha value is -2.48. The number of nitrogens with zero attached hydrogens (tertiary/aromatic N) is 3. The summed E-state index contributed by atoms with van der Waals surface area (Å²) in [6, 6.07) is 7.63. The minimum absolute atomic E-state index is 0.0915. The van der Waals surface area contributed by atoms with Crippen molar-refractivity contribution in [2.24, 2.45) is 7.05 Å². The average molecular weight is 243 g/mol. The van der Waals surface area contributed by atoms with Gasteiger partial charge in [-0.3, -0.25) is 9.48 Å². The molecule has 1 atom stereocenters. The molecule has 0 amide bonds. The fourth-order valence-corrected chi connectivity index (χ4v) is 1.69. The predicted octanol–water partition coefficient (Wildman–Crippen LogP) is 2.05. The molecule has 1 unspecified atom stereocenters. The molecule has 0 spiro atoms. The van der Waals surface area contributed by atoms with Crippen LogP contribution >= 0.6 is 0 Å². The number of Topliss-reactive ketones (excluding diaryl/α,β-unsaturated/α-hetero) is 1. The van der Waals surface area contributed by atoms with Crippen LogP contribution in [0.1, 0.15) is 21.8 Å². The van der Waals surface area contributed by atoms with Gasteiger partial charge in [-0.05, 0) is 6.07 Å². The van der Waals surface area contributed by atoms with Crippen LogP contribution in [0.4, 0.5) is 4.39 Å². The van der Waals surface area contributed by atoms with Gasteiger partial charge in [-0.1, -0.05) is 18.2 Å². The lowest BCUT2D eigenvalue weighted by molar-refractivity contribution is 0.0977. The molecule has 1 aromatic carbocycles. The zero-order valence-electron chi connectivity index (χ0n) is 9.67. The average Bonchev–Trinajstić information content (AvgIpc) is 2.79. The van der Waals surface area contributed by atoms with Crippen molar-refractivity contribution in [1.29, 1.82) is 5.26 Å². The molecule has 5 heteroatoms. The summed E-state index contributed by atoms with van der Waals surface area (Å²) in [6.07, 6.45) is 2.88. The number of hydrogen-bond acceptors (Lipinski definition) is 3. The van der Waals surface area contributed by atoms with Gasteiger partial charge < -0.3 is 0 Å². The summed E-state index contributed by atoms with van der Waals surface area (Å²) >= 11 is 0. The molecular weight excluding hydrogens is 233 g/mol. The van der Waals surface area contributed by atoms with E-state index in [1.165, 1.54) is 35.3 Å². The van der Waals surface area contributed by atoms with E-state index in [4.69, 9.17) is 5.26 Å². The number of carbonyl (C=O) groups excluding carboxylic acids is 1. The monoisotopic (exact) mass is 243 g/mol. The highest BCUT2D eigenvalue weighted by Gasteiger charge is 2.25. The van der Waals surface area contributed by atoms with E-state index in [2.05, 4.69) is 5.10 Å². The number of aryl methyl sites for hydroxylation is 1. The molecule has 90 valence electrons. The standard InChI is InChI=1S/C13H10FN3O/c1-17-8-9(7-16-17)13(18)11(6-15)10-4-2-3-5-12(10)14/h2-5,7-8,11H,1H3. The van der Waals surface area contributed by atoms with Crippen LogP contribution in [0.5, 0.6) is 0 Å². The predicted molar refractivity (Wildman–Crippen MR) is 62.3 cm³/mol. The third kappa shape index (κ3) is 2.13. The Morgan fingerprint density at radius 2 is 2.22 bits per heavy atom. The first kappa shape index (κ1) is 12.0. The van der Waals surface area contributed by atoms with Crippen LogP contribution in [0.25, 0.3) is 0 Å². The molecule has 2 aromatic rings. The van der Waals surface area contributed by atoms with Crippen LogP contribution < -0.4 is 0 Å². The van der Waals surface area contributed by atoms with Crippen molar-refractivity contribution in [2.75, 3.05) is 0 Å². The minimum atomic E-state index is -1.14. The first-order chi connectivity index (χ1) is 8.63. The number of carbonyl (C=O) groups is 1.